The number of halogens is 5. The van der Waals surface area contributed by atoms with Gasteiger partial charge in [0.15, 0.2) is 0 Å². The molecule has 92 valence electrons. The summed E-state index contributed by atoms with van der Waals surface area (Å²) in [6.07, 6.45) is -4.17. The summed E-state index contributed by atoms with van der Waals surface area (Å²) in [5, 5.41) is 0. The molecule has 0 fully saturated rings. The standard InChI is InChI=1S/C9H7F5.C2H6/c1-5-2-6(10)4-8(11)7(3-5)9(12,13)14;1-2/h3-4H,2H2,1H3;1-2H3. The van der Waals surface area contributed by atoms with Crippen molar-refractivity contribution in [1.29, 1.82) is 0 Å². The molecule has 0 N–H and O–H groups in total. The molecule has 0 heterocycles. The quantitative estimate of drug-likeness (QED) is 0.522. The van der Waals surface area contributed by atoms with Gasteiger partial charge in [0, 0.05) is 12.5 Å². The van der Waals surface area contributed by atoms with Gasteiger partial charge in [-0.3, -0.25) is 0 Å². The highest BCUT2D eigenvalue weighted by atomic mass is 19.4. The molecule has 0 spiro atoms. The van der Waals surface area contributed by atoms with Crippen molar-refractivity contribution in [1.82, 2.24) is 0 Å². The van der Waals surface area contributed by atoms with E-state index in [1.54, 1.807) is 0 Å². The van der Waals surface area contributed by atoms with E-state index in [-0.39, 0.29) is 18.1 Å². The van der Waals surface area contributed by atoms with Gasteiger partial charge in [-0.05, 0) is 13.0 Å². The maximum absolute atomic E-state index is 12.8. The second kappa shape index (κ2) is 5.82. The van der Waals surface area contributed by atoms with Crippen molar-refractivity contribution in [3.8, 4) is 0 Å². The summed E-state index contributed by atoms with van der Waals surface area (Å²) < 4.78 is 62.0. The molecule has 0 unspecified atom stereocenters. The smallest absolute Gasteiger partial charge is 0.211 e. The first kappa shape index (κ1) is 14.9. The fraction of sp³-hybridized carbons (Fsp3) is 0.455. The van der Waals surface area contributed by atoms with E-state index < -0.39 is 23.4 Å². The average Bonchev–Trinajstić information content (AvgIpc) is 2.26. The van der Waals surface area contributed by atoms with Crippen LogP contribution in [0.15, 0.2) is 35.0 Å². The van der Waals surface area contributed by atoms with Crippen LogP contribution in [0.5, 0.6) is 0 Å². The van der Waals surface area contributed by atoms with Crippen molar-refractivity contribution < 1.29 is 22.0 Å². The SMILES string of the molecule is CC.CC1=CC(C(F)(F)F)=C(F)C=C(F)C1. The number of alkyl halides is 3. The molecule has 1 aliphatic rings. The zero-order chi connectivity index (χ0) is 12.9. The topological polar surface area (TPSA) is 0 Å². The van der Waals surface area contributed by atoms with Crippen LogP contribution in [0.25, 0.3) is 0 Å². The van der Waals surface area contributed by atoms with Crippen molar-refractivity contribution in [2.75, 3.05) is 0 Å². The van der Waals surface area contributed by atoms with Gasteiger partial charge < -0.3 is 0 Å². The Morgan fingerprint density at radius 3 is 2.00 bits per heavy atom. The van der Waals surface area contributed by atoms with Gasteiger partial charge in [-0.2, -0.15) is 13.2 Å². The van der Waals surface area contributed by atoms with Crippen molar-refractivity contribution in [3.63, 3.8) is 0 Å². The van der Waals surface area contributed by atoms with Crippen LogP contribution in [0.3, 0.4) is 0 Å². The van der Waals surface area contributed by atoms with Crippen molar-refractivity contribution in [3.05, 3.63) is 35.0 Å². The lowest BCUT2D eigenvalue weighted by Gasteiger charge is -2.07. The molecule has 0 aromatic heterocycles. The van der Waals surface area contributed by atoms with E-state index in [1.165, 1.54) is 6.92 Å². The van der Waals surface area contributed by atoms with E-state index in [4.69, 9.17) is 0 Å². The molecule has 0 amide bonds. The lowest BCUT2D eigenvalue weighted by atomic mass is 10.1. The molecule has 1 aliphatic carbocycles. The first-order valence-electron chi connectivity index (χ1n) is 4.81. The minimum atomic E-state index is -4.79. The summed E-state index contributed by atoms with van der Waals surface area (Å²) in [4.78, 5) is 0. The maximum atomic E-state index is 12.8. The predicted octanol–water partition coefficient (Wildman–Crippen LogP) is 5.00. The lowest BCUT2D eigenvalue weighted by molar-refractivity contribution is -0.0897. The maximum Gasteiger partial charge on any atom is 0.419 e. The van der Waals surface area contributed by atoms with Crippen molar-refractivity contribution in [2.45, 2.75) is 33.4 Å². The fourth-order valence-corrected chi connectivity index (χ4v) is 1.12. The van der Waals surface area contributed by atoms with Crippen LogP contribution >= 0.6 is 0 Å². The largest absolute Gasteiger partial charge is 0.419 e. The van der Waals surface area contributed by atoms with E-state index in [0.29, 0.717) is 6.08 Å². The highest BCUT2D eigenvalue weighted by Gasteiger charge is 2.35. The van der Waals surface area contributed by atoms with Crippen LogP contribution in [-0.4, -0.2) is 6.18 Å². The van der Waals surface area contributed by atoms with Crippen LogP contribution in [0, 0.1) is 0 Å². The predicted molar refractivity (Wildman–Crippen MR) is 53.1 cm³/mol. The van der Waals surface area contributed by atoms with Crippen molar-refractivity contribution in [2.24, 2.45) is 0 Å². The Morgan fingerprint density at radius 2 is 1.56 bits per heavy atom. The molecule has 0 aliphatic heterocycles. The molecule has 0 atom stereocenters. The molecular weight excluding hydrogens is 227 g/mol. The second-order valence-corrected chi connectivity index (χ2v) is 3.02. The molecule has 0 radical (unpaired) electrons. The summed E-state index contributed by atoms with van der Waals surface area (Å²) in [5.74, 6) is -2.48. The van der Waals surface area contributed by atoms with Gasteiger partial charge in [-0.1, -0.05) is 19.4 Å². The van der Waals surface area contributed by atoms with Crippen LogP contribution in [0.2, 0.25) is 0 Å². The first-order valence-corrected chi connectivity index (χ1v) is 4.81. The summed E-state index contributed by atoms with van der Waals surface area (Å²) in [7, 11) is 0. The Kier molecular flexibility index (Phi) is 5.41. The Hall–Kier alpha value is -1.13. The number of hydrogen-bond acceptors (Lipinski definition) is 0. The van der Waals surface area contributed by atoms with Gasteiger partial charge in [0.2, 0.25) is 0 Å². The molecule has 0 aromatic carbocycles. The minimum Gasteiger partial charge on any atom is -0.211 e. The zero-order valence-electron chi connectivity index (χ0n) is 9.25. The minimum absolute atomic E-state index is 0.138. The molecule has 0 nitrogen and oxygen atoms in total. The molecular formula is C11H13F5. The number of allylic oxidation sites excluding steroid dienone is 6. The highest BCUT2D eigenvalue weighted by molar-refractivity contribution is 5.39. The van der Waals surface area contributed by atoms with E-state index in [1.807, 2.05) is 13.8 Å². The first-order chi connectivity index (χ1) is 7.30. The summed E-state index contributed by atoms with van der Waals surface area (Å²) in [6, 6.07) is 0. The lowest BCUT2D eigenvalue weighted by Crippen LogP contribution is -2.11. The highest BCUT2D eigenvalue weighted by Crippen LogP contribution is 2.34. The van der Waals surface area contributed by atoms with Crippen LogP contribution in [0.1, 0.15) is 27.2 Å². The third-order valence-corrected chi connectivity index (χ3v) is 1.68. The van der Waals surface area contributed by atoms with E-state index in [9.17, 15) is 22.0 Å². The third-order valence-electron chi connectivity index (χ3n) is 1.68. The summed E-state index contributed by atoms with van der Waals surface area (Å²) in [6.45, 7) is 5.32. The van der Waals surface area contributed by atoms with Gasteiger partial charge in [0.25, 0.3) is 0 Å². The Balaban J connectivity index is 0.00000106. The molecule has 0 saturated heterocycles. The van der Waals surface area contributed by atoms with Crippen LogP contribution in [-0.2, 0) is 0 Å². The Bertz CT molecular complexity index is 331. The number of rotatable bonds is 0. The third kappa shape index (κ3) is 4.16. The van der Waals surface area contributed by atoms with Crippen LogP contribution < -0.4 is 0 Å². The Labute approximate surface area is 91.1 Å². The van der Waals surface area contributed by atoms with Crippen LogP contribution in [0.4, 0.5) is 22.0 Å². The zero-order valence-corrected chi connectivity index (χ0v) is 9.25. The van der Waals surface area contributed by atoms with Gasteiger partial charge in [0.1, 0.15) is 11.7 Å². The molecule has 0 bridgehead atoms. The molecule has 1 rings (SSSR count). The van der Waals surface area contributed by atoms with Gasteiger partial charge in [-0.25, -0.2) is 8.78 Å². The van der Waals surface area contributed by atoms with Gasteiger partial charge in [-0.15, -0.1) is 0 Å². The van der Waals surface area contributed by atoms with E-state index in [0.717, 1.165) is 0 Å². The molecule has 0 aromatic rings. The second-order valence-electron chi connectivity index (χ2n) is 3.02. The van der Waals surface area contributed by atoms with Gasteiger partial charge in [0.05, 0.1) is 5.57 Å². The van der Waals surface area contributed by atoms with Gasteiger partial charge >= 0.3 is 6.18 Å². The summed E-state index contributed by atoms with van der Waals surface area (Å²) >= 11 is 0. The van der Waals surface area contributed by atoms with E-state index >= 15 is 0 Å². The fourth-order valence-electron chi connectivity index (χ4n) is 1.12. The Morgan fingerprint density at radius 1 is 1.06 bits per heavy atom. The molecule has 0 saturated carbocycles. The van der Waals surface area contributed by atoms with Crippen molar-refractivity contribution >= 4 is 0 Å². The number of hydrogen-bond donors (Lipinski definition) is 0. The molecule has 16 heavy (non-hydrogen) atoms. The van der Waals surface area contributed by atoms with E-state index in [2.05, 4.69) is 0 Å². The normalized spacial score (nSPS) is 17.0. The average molecular weight is 240 g/mol. The summed E-state index contributed by atoms with van der Waals surface area (Å²) in [5.41, 5.74) is -1.29. The monoisotopic (exact) mass is 240 g/mol. The molecule has 5 heteroatoms.